The van der Waals surface area contributed by atoms with E-state index in [1.165, 1.54) is 6.07 Å². The van der Waals surface area contributed by atoms with E-state index in [0.29, 0.717) is 4.47 Å². The molecular weight excluding hydrogens is 338 g/mol. The highest BCUT2D eigenvalue weighted by atomic mass is 79.9. The summed E-state index contributed by atoms with van der Waals surface area (Å²) in [5.74, 6) is -1.55. The van der Waals surface area contributed by atoms with Gasteiger partial charge >= 0.3 is 5.97 Å². The number of halogens is 1. The van der Waals surface area contributed by atoms with Crippen LogP contribution in [0.15, 0.2) is 22.7 Å². The second-order valence-electron chi connectivity index (χ2n) is 5.35. The Hall–Kier alpha value is -1.56. The number of carbonyl (C=O) groups is 2. The summed E-state index contributed by atoms with van der Waals surface area (Å²) in [6.45, 7) is 0. The number of nitrogens with one attached hydrogen (secondary N) is 1. The van der Waals surface area contributed by atoms with Crippen LogP contribution in [0.5, 0.6) is 5.75 Å². The molecule has 0 radical (unpaired) electrons. The Kier molecular flexibility index (Phi) is 5.22. The lowest BCUT2D eigenvalue weighted by atomic mass is 9.84. The molecule has 6 heteroatoms. The molecule has 5 nitrogen and oxygen atoms in total. The summed E-state index contributed by atoms with van der Waals surface area (Å²) in [6.07, 6.45) is 4.77. The van der Waals surface area contributed by atoms with Crippen molar-refractivity contribution < 1.29 is 19.8 Å². The lowest BCUT2D eigenvalue weighted by Gasteiger charge is -2.28. The Labute approximate surface area is 131 Å². The van der Waals surface area contributed by atoms with E-state index in [1.807, 2.05) is 0 Å². The number of benzene rings is 1. The van der Waals surface area contributed by atoms with Crippen LogP contribution >= 0.6 is 15.9 Å². The topological polar surface area (TPSA) is 86.6 Å². The molecule has 1 saturated carbocycles. The molecule has 1 aliphatic carbocycles. The molecule has 0 aromatic heterocycles. The van der Waals surface area contributed by atoms with Crippen LogP contribution in [0.2, 0.25) is 0 Å². The number of aliphatic carboxylic acids is 1. The van der Waals surface area contributed by atoms with Gasteiger partial charge in [0.2, 0.25) is 0 Å². The number of phenols is 1. The molecule has 1 atom stereocenters. The maximum Gasteiger partial charge on any atom is 0.326 e. The molecule has 1 aromatic rings. The molecule has 1 amide bonds. The fraction of sp³-hybridized carbons (Fsp3) is 0.467. The predicted molar refractivity (Wildman–Crippen MR) is 81.3 cm³/mol. The first-order valence-electron chi connectivity index (χ1n) is 7.01. The SMILES string of the molecule is O=C(NC(C(=O)O)C1CCCCC1)c1ccc(Br)c(O)c1. The molecular formula is C15H18BrNO4. The van der Waals surface area contributed by atoms with Gasteiger partial charge in [0.15, 0.2) is 0 Å². The number of aromatic hydroxyl groups is 1. The van der Waals surface area contributed by atoms with Crippen LogP contribution < -0.4 is 5.32 Å². The first kappa shape index (κ1) is 15.8. The van der Waals surface area contributed by atoms with Crippen molar-refractivity contribution in [3.05, 3.63) is 28.2 Å². The average Bonchev–Trinajstić information content (AvgIpc) is 2.48. The summed E-state index contributed by atoms with van der Waals surface area (Å²) in [5.41, 5.74) is 0.248. The summed E-state index contributed by atoms with van der Waals surface area (Å²) >= 11 is 3.14. The molecule has 1 unspecified atom stereocenters. The Balaban J connectivity index is 2.10. The second-order valence-corrected chi connectivity index (χ2v) is 6.21. The number of amides is 1. The van der Waals surface area contributed by atoms with E-state index < -0.39 is 17.9 Å². The van der Waals surface area contributed by atoms with Crippen molar-refractivity contribution in [2.24, 2.45) is 5.92 Å². The number of rotatable bonds is 4. The fourth-order valence-electron chi connectivity index (χ4n) is 2.73. The van der Waals surface area contributed by atoms with Crippen LogP contribution in [0.25, 0.3) is 0 Å². The van der Waals surface area contributed by atoms with Crippen LogP contribution in [0.1, 0.15) is 42.5 Å². The Morgan fingerprint density at radius 1 is 1.24 bits per heavy atom. The third kappa shape index (κ3) is 3.97. The van der Waals surface area contributed by atoms with E-state index >= 15 is 0 Å². The maximum atomic E-state index is 12.2. The van der Waals surface area contributed by atoms with E-state index in [9.17, 15) is 19.8 Å². The van der Waals surface area contributed by atoms with Gasteiger partial charge in [-0.05, 0) is 52.9 Å². The van der Waals surface area contributed by atoms with Crippen molar-refractivity contribution in [3.63, 3.8) is 0 Å². The van der Waals surface area contributed by atoms with Crippen LogP contribution in [-0.2, 0) is 4.79 Å². The van der Waals surface area contributed by atoms with Crippen LogP contribution in [-0.4, -0.2) is 28.1 Å². The number of carboxylic acids is 1. The lowest BCUT2D eigenvalue weighted by molar-refractivity contribution is -0.141. The van der Waals surface area contributed by atoms with E-state index in [4.69, 9.17) is 0 Å². The van der Waals surface area contributed by atoms with Gasteiger partial charge in [-0.15, -0.1) is 0 Å². The van der Waals surface area contributed by atoms with E-state index in [0.717, 1.165) is 32.1 Å². The van der Waals surface area contributed by atoms with Crippen molar-refractivity contribution in [1.29, 1.82) is 0 Å². The van der Waals surface area contributed by atoms with Gasteiger partial charge in [0, 0.05) is 5.56 Å². The molecule has 1 aliphatic rings. The largest absolute Gasteiger partial charge is 0.507 e. The normalized spacial score (nSPS) is 17.2. The molecule has 0 heterocycles. The minimum atomic E-state index is -1.00. The van der Waals surface area contributed by atoms with Crippen LogP contribution in [0.3, 0.4) is 0 Å². The summed E-state index contributed by atoms with van der Waals surface area (Å²) in [4.78, 5) is 23.6. The highest BCUT2D eigenvalue weighted by Gasteiger charge is 2.31. The molecule has 0 aliphatic heterocycles. The Morgan fingerprint density at radius 2 is 1.90 bits per heavy atom. The van der Waals surface area contributed by atoms with Crippen LogP contribution in [0.4, 0.5) is 0 Å². The highest BCUT2D eigenvalue weighted by molar-refractivity contribution is 9.10. The van der Waals surface area contributed by atoms with Gasteiger partial charge in [0.25, 0.3) is 5.91 Å². The quantitative estimate of drug-likeness (QED) is 0.774. The lowest BCUT2D eigenvalue weighted by Crippen LogP contribution is -2.46. The zero-order chi connectivity index (χ0) is 15.4. The minimum absolute atomic E-state index is 0.0238. The van der Waals surface area contributed by atoms with Crippen molar-refractivity contribution in [1.82, 2.24) is 5.32 Å². The van der Waals surface area contributed by atoms with Gasteiger partial charge in [0.1, 0.15) is 11.8 Å². The molecule has 21 heavy (non-hydrogen) atoms. The zero-order valence-corrected chi connectivity index (χ0v) is 13.1. The van der Waals surface area contributed by atoms with Gasteiger partial charge in [-0.25, -0.2) is 4.79 Å². The van der Waals surface area contributed by atoms with Gasteiger partial charge < -0.3 is 15.5 Å². The second kappa shape index (κ2) is 6.93. The summed E-state index contributed by atoms with van der Waals surface area (Å²) < 4.78 is 0.487. The van der Waals surface area contributed by atoms with Crippen molar-refractivity contribution in [3.8, 4) is 5.75 Å². The number of phenolic OH excluding ortho intramolecular Hbond substituents is 1. The Morgan fingerprint density at radius 3 is 2.48 bits per heavy atom. The van der Waals surface area contributed by atoms with Gasteiger partial charge in [-0.1, -0.05) is 19.3 Å². The van der Waals surface area contributed by atoms with E-state index in [2.05, 4.69) is 21.2 Å². The summed E-state index contributed by atoms with van der Waals surface area (Å²) in [5, 5.41) is 21.5. The average molecular weight is 356 g/mol. The van der Waals surface area contributed by atoms with E-state index in [-0.39, 0.29) is 17.2 Å². The first-order valence-corrected chi connectivity index (χ1v) is 7.80. The highest BCUT2D eigenvalue weighted by Crippen LogP contribution is 2.27. The molecule has 3 N–H and O–H groups in total. The molecule has 0 bridgehead atoms. The van der Waals surface area contributed by atoms with Crippen LogP contribution in [0, 0.1) is 5.92 Å². The number of carbonyl (C=O) groups excluding carboxylic acids is 1. The smallest absolute Gasteiger partial charge is 0.326 e. The van der Waals surface area contributed by atoms with Crippen molar-refractivity contribution in [2.45, 2.75) is 38.1 Å². The maximum absolute atomic E-state index is 12.2. The van der Waals surface area contributed by atoms with Crippen molar-refractivity contribution >= 4 is 27.8 Å². The predicted octanol–water partition coefficient (Wildman–Crippen LogP) is 2.92. The third-order valence-electron chi connectivity index (χ3n) is 3.88. The fourth-order valence-corrected chi connectivity index (χ4v) is 2.97. The summed E-state index contributed by atoms with van der Waals surface area (Å²) in [7, 11) is 0. The molecule has 2 rings (SSSR count). The minimum Gasteiger partial charge on any atom is -0.507 e. The molecule has 1 aromatic carbocycles. The van der Waals surface area contributed by atoms with Gasteiger partial charge in [-0.2, -0.15) is 0 Å². The van der Waals surface area contributed by atoms with Crippen molar-refractivity contribution in [2.75, 3.05) is 0 Å². The molecule has 0 saturated heterocycles. The first-order chi connectivity index (χ1) is 9.99. The standard InChI is InChI=1S/C15H18BrNO4/c16-11-7-6-10(8-12(11)18)14(19)17-13(15(20)21)9-4-2-1-3-5-9/h6-9,13,18H,1-5H2,(H,17,19)(H,20,21). The molecule has 114 valence electrons. The number of carboxylic acid groups (broad SMARTS) is 1. The number of hydrogen-bond donors (Lipinski definition) is 3. The van der Waals surface area contributed by atoms with Gasteiger partial charge in [0.05, 0.1) is 4.47 Å². The third-order valence-corrected chi connectivity index (χ3v) is 4.55. The number of hydrogen-bond acceptors (Lipinski definition) is 3. The summed E-state index contributed by atoms with van der Waals surface area (Å²) in [6, 6.07) is 3.54. The Bertz CT molecular complexity index is 540. The monoisotopic (exact) mass is 355 g/mol. The molecule has 1 fully saturated rings. The zero-order valence-electron chi connectivity index (χ0n) is 11.5. The van der Waals surface area contributed by atoms with Gasteiger partial charge in [-0.3, -0.25) is 4.79 Å². The van der Waals surface area contributed by atoms with E-state index in [1.54, 1.807) is 12.1 Å². The molecule has 0 spiro atoms.